The zero-order valence-electron chi connectivity index (χ0n) is 11.1. The van der Waals surface area contributed by atoms with Gasteiger partial charge in [-0.25, -0.2) is 19.3 Å². The van der Waals surface area contributed by atoms with Crippen LogP contribution in [0.5, 0.6) is 0 Å². The van der Waals surface area contributed by atoms with E-state index in [2.05, 4.69) is 14.8 Å². The van der Waals surface area contributed by atoms with Gasteiger partial charge in [-0.3, -0.25) is 0 Å². The van der Waals surface area contributed by atoms with Crippen molar-refractivity contribution in [3.63, 3.8) is 0 Å². The van der Waals surface area contributed by atoms with Gasteiger partial charge in [-0.1, -0.05) is 0 Å². The summed E-state index contributed by atoms with van der Waals surface area (Å²) in [4.78, 5) is 26.9. The fourth-order valence-corrected chi connectivity index (χ4v) is 1.56. The molecule has 0 aliphatic heterocycles. The highest BCUT2D eigenvalue weighted by Crippen LogP contribution is 2.10. The summed E-state index contributed by atoms with van der Waals surface area (Å²) in [5, 5.41) is 4.05. The standard InChI is InChI=1S/C13H13N3O4/c1-3-20-12(17)9-7-15-16(8-9)10-4-5-14-11(6-10)13(18)19-2/h4-8H,3H2,1-2H3. The van der Waals surface area contributed by atoms with Gasteiger partial charge in [-0.05, 0) is 19.1 Å². The highest BCUT2D eigenvalue weighted by molar-refractivity contribution is 5.89. The second-order valence-corrected chi connectivity index (χ2v) is 3.78. The average molecular weight is 275 g/mol. The summed E-state index contributed by atoms with van der Waals surface area (Å²) < 4.78 is 10.9. The number of carbonyl (C=O) groups excluding carboxylic acids is 2. The van der Waals surface area contributed by atoms with E-state index >= 15 is 0 Å². The minimum atomic E-state index is -0.537. The van der Waals surface area contributed by atoms with E-state index in [0.29, 0.717) is 17.9 Å². The normalized spacial score (nSPS) is 10.1. The molecule has 0 bridgehead atoms. The van der Waals surface area contributed by atoms with Gasteiger partial charge in [0.1, 0.15) is 5.69 Å². The predicted octanol–water partition coefficient (Wildman–Crippen LogP) is 1.23. The Kier molecular flexibility index (Phi) is 4.09. The lowest BCUT2D eigenvalue weighted by Gasteiger charge is -2.03. The third-order valence-corrected chi connectivity index (χ3v) is 2.50. The Morgan fingerprint density at radius 3 is 2.85 bits per heavy atom. The number of aromatic nitrogens is 3. The summed E-state index contributed by atoms with van der Waals surface area (Å²) in [7, 11) is 1.28. The minimum absolute atomic E-state index is 0.165. The first kappa shape index (κ1) is 13.7. The summed E-state index contributed by atoms with van der Waals surface area (Å²) in [5.74, 6) is -0.981. The number of pyridine rings is 1. The van der Waals surface area contributed by atoms with E-state index in [-0.39, 0.29) is 5.69 Å². The lowest BCUT2D eigenvalue weighted by Crippen LogP contribution is -2.06. The summed E-state index contributed by atoms with van der Waals surface area (Å²) in [6.45, 7) is 2.03. The molecule has 7 nitrogen and oxygen atoms in total. The van der Waals surface area contributed by atoms with Crippen LogP contribution in [0.25, 0.3) is 5.69 Å². The molecule has 0 saturated carbocycles. The molecule has 20 heavy (non-hydrogen) atoms. The van der Waals surface area contributed by atoms with E-state index in [0.717, 1.165) is 0 Å². The maximum absolute atomic E-state index is 11.5. The van der Waals surface area contributed by atoms with Crippen LogP contribution >= 0.6 is 0 Å². The molecule has 104 valence electrons. The van der Waals surface area contributed by atoms with Crippen molar-refractivity contribution in [1.82, 2.24) is 14.8 Å². The summed E-state index contributed by atoms with van der Waals surface area (Å²) in [5.41, 5.74) is 1.09. The number of ether oxygens (including phenoxy) is 2. The maximum atomic E-state index is 11.5. The van der Waals surface area contributed by atoms with Gasteiger partial charge in [0.05, 0.1) is 31.2 Å². The van der Waals surface area contributed by atoms with Gasteiger partial charge in [-0.2, -0.15) is 5.10 Å². The smallest absolute Gasteiger partial charge is 0.356 e. The predicted molar refractivity (Wildman–Crippen MR) is 68.7 cm³/mol. The fourth-order valence-electron chi connectivity index (χ4n) is 1.56. The molecule has 0 saturated heterocycles. The zero-order chi connectivity index (χ0) is 14.5. The molecular weight excluding hydrogens is 262 g/mol. The number of rotatable bonds is 4. The largest absolute Gasteiger partial charge is 0.464 e. The van der Waals surface area contributed by atoms with Crippen molar-refractivity contribution in [2.45, 2.75) is 6.92 Å². The molecule has 2 aromatic heterocycles. The van der Waals surface area contributed by atoms with Crippen molar-refractivity contribution >= 4 is 11.9 Å². The Balaban J connectivity index is 2.28. The zero-order valence-corrected chi connectivity index (χ0v) is 11.1. The van der Waals surface area contributed by atoms with Crippen molar-refractivity contribution in [2.75, 3.05) is 13.7 Å². The summed E-state index contributed by atoms with van der Waals surface area (Å²) in [6.07, 6.45) is 4.39. The van der Waals surface area contributed by atoms with Crippen LogP contribution < -0.4 is 0 Å². The molecule has 7 heteroatoms. The Morgan fingerprint density at radius 1 is 1.35 bits per heavy atom. The Labute approximate surface area is 115 Å². The number of carbonyl (C=O) groups is 2. The van der Waals surface area contributed by atoms with Gasteiger partial charge in [0.2, 0.25) is 0 Å². The SMILES string of the molecule is CCOC(=O)c1cnn(-c2ccnc(C(=O)OC)c2)c1. The van der Waals surface area contributed by atoms with Crippen molar-refractivity contribution in [1.29, 1.82) is 0 Å². The van der Waals surface area contributed by atoms with E-state index < -0.39 is 11.9 Å². The van der Waals surface area contributed by atoms with Crippen molar-refractivity contribution in [3.8, 4) is 5.69 Å². The van der Waals surface area contributed by atoms with Crippen LogP contribution in [0.2, 0.25) is 0 Å². The first-order valence-corrected chi connectivity index (χ1v) is 5.92. The average Bonchev–Trinajstić information content (AvgIpc) is 2.97. The number of hydrogen-bond acceptors (Lipinski definition) is 6. The van der Waals surface area contributed by atoms with Crippen LogP contribution in [0.4, 0.5) is 0 Å². The molecule has 2 rings (SSSR count). The molecule has 0 amide bonds. The highest BCUT2D eigenvalue weighted by Gasteiger charge is 2.12. The topological polar surface area (TPSA) is 83.3 Å². The molecule has 0 unspecified atom stereocenters. The molecule has 0 aliphatic rings. The van der Waals surface area contributed by atoms with Crippen molar-refractivity contribution in [3.05, 3.63) is 42.0 Å². The summed E-state index contributed by atoms with van der Waals surface area (Å²) >= 11 is 0. The maximum Gasteiger partial charge on any atom is 0.356 e. The lowest BCUT2D eigenvalue weighted by atomic mass is 10.3. The molecular formula is C13H13N3O4. The lowest BCUT2D eigenvalue weighted by molar-refractivity contribution is 0.0525. The molecule has 0 atom stereocenters. The monoisotopic (exact) mass is 275 g/mol. The van der Waals surface area contributed by atoms with Gasteiger partial charge in [-0.15, -0.1) is 0 Å². The van der Waals surface area contributed by atoms with E-state index in [1.54, 1.807) is 13.0 Å². The minimum Gasteiger partial charge on any atom is -0.464 e. The van der Waals surface area contributed by atoms with Crippen LogP contribution in [0.1, 0.15) is 27.8 Å². The van der Waals surface area contributed by atoms with Crippen LogP contribution in [-0.2, 0) is 9.47 Å². The first-order valence-electron chi connectivity index (χ1n) is 5.92. The van der Waals surface area contributed by atoms with Gasteiger partial charge in [0.15, 0.2) is 0 Å². The van der Waals surface area contributed by atoms with E-state index in [1.165, 1.54) is 36.4 Å². The van der Waals surface area contributed by atoms with Gasteiger partial charge in [0.25, 0.3) is 0 Å². The number of methoxy groups -OCH3 is 1. The first-order chi connectivity index (χ1) is 9.65. The Hall–Kier alpha value is -2.70. The van der Waals surface area contributed by atoms with Crippen LogP contribution in [-0.4, -0.2) is 40.4 Å². The van der Waals surface area contributed by atoms with Crippen LogP contribution in [0.15, 0.2) is 30.7 Å². The van der Waals surface area contributed by atoms with Crippen LogP contribution in [0.3, 0.4) is 0 Å². The number of hydrogen-bond donors (Lipinski definition) is 0. The third kappa shape index (κ3) is 2.82. The molecule has 0 spiro atoms. The fraction of sp³-hybridized carbons (Fsp3) is 0.231. The van der Waals surface area contributed by atoms with Crippen molar-refractivity contribution in [2.24, 2.45) is 0 Å². The quantitative estimate of drug-likeness (QED) is 0.780. The van der Waals surface area contributed by atoms with Gasteiger partial charge in [0, 0.05) is 12.4 Å². The van der Waals surface area contributed by atoms with Crippen LogP contribution in [0, 0.1) is 0 Å². The highest BCUT2D eigenvalue weighted by atomic mass is 16.5. The molecule has 0 aromatic carbocycles. The van der Waals surface area contributed by atoms with Gasteiger partial charge >= 0.3 is 11.9 Å². The Bertz CT molecular complexity index is 636. The molecule has 0 radical (unpaired) electrons. The molecule has 0 fully saturated rings. The molecule has 0 N–H and O–H groups in total. The number of nitrogens with zero attached hydrogens (tertiary/aromatic N) is 3. The second-order valence-electron chi connectivity index (χ2n) is 3.78. The third-order valence-electron chi connectivity index (χ3n) is 2.50. The second kappa shape index (κ2) is 5.96. The van der Waals surface area contributed by atoms with E-state index in [1.807, 2.05) is 0 Å². The summed E-state index contributed by atoms with van der Waals surface area (Å²) in [6, 6.07) is 3.18. The van der Waals surface area contributed by atoms with E-state index in [4.69, 9.17) is 4.74 Å². The van der Waals surface area contributed by atoms with Gasteiger partial charge < -0.3 is 9.47 Å². The number of esters is 2. The van der Waals surface area contributed by atoms with E-state index in [9.17, 15) is 9.59 Å². The molecule has 2 heterocycles. The van der Waals surface area contributed by atoms with Crippen molar-refractivity contribution < 1.29 is 19.1 Å². The molecule has 0 aliphatic carbocycles. The Morgan fingerprint density at radius 2 is 2.15 bits per heavy atom. The molecule has 2 aromatic rings.